The minimum absolute atomic E-state index is 0.0958. The zero-order valence-electron chi connectivity index (χ0n) is 12.4. The van der Waals surface area contributed by atoms with Crippen LogP contribution in [0.3, 0.4) is 0 Å². The molecule has 0 aromatic carbocycles. The van der Waals surface area contributed by atoms with Gasteiger partial charge in [-0.2, -0.15) is 0 Å². The number of imidazole rings is 2. The first kappa shape index (κ1) is 15.5. The number of hydrogen-bond donors (Lipinski definition) is 4. The van der Waals surface area contributed by atoms with Crippen LogP contribution in [0.4, 0.5) is 0 Å². The number of H-pyrrole nitrogens is 3. The fourth-order valence-electron chi connectivity index (χ4n) is 2.12. The van der Waals surface area contributed by atoms with Gasteiger partial charge < -0.3 is 15.1 Å². The second-order valence-corrected chi connectivity index (χ2v) is 5.08. The molecular weight excluding hydrogens is 322 g/mol. The Morgan fingerprint density at radius 1 is 1.33 bits per heavy atom. The molecule has 0 aliphatic heterocycles. The molecule has 0 saturated carbocycles. The number of hydrogen-bond acceptors (Lipinski definition) is 7. The number of aryl methyl sites for hydroxylation is 1. The zero-order valence-corrected chi connectivity index (χ0v) is 12.4. The zero-order chi connectivity index (χ0) is 17.4. The molecule has 5 N–H and O–H groups in total. The summed E-state index contributed by atoms with van der Waals surface area (Å²) >= 11 is 0. The summed E-state index contributed by atoms with van der Waals surface area (Å²) in [4.78, 5) is 62.4. The normalized spacial score (nSPS) is 12.4. The minimum atomic E-state index is -1.12. The Morgan fingerprint density at radius 2 is 2.08 bits per heavy atom. The monoisotopic (exact) mass is 335 g/mol. The highest BCUT2D eigenvalue weighted by Gasteiger charge is 2.21. The van der Waals surface area contributed by atoms with E-state index >= 15 is 0 Å². The second-order valence-electron chi connectivity index (χ2n) is 5.08. The maximum absolute atomic E-state index is 12.1. The van der Waals surface area contributed by atoms with Gasteiger partial charge in [-0.25, -0.2) is 19.4 Å². The van der Waals surface area contributed by atoms with Gasteiger partial charge in [-0.3, -0.25) is 19.7 Å². The van der Waals surface area contributed by atoms with E-state index in [-0.39, 0.29) is 22.3 Å². The quantitative estimate of drug-likeness (QED) is 0.392. The standard InChI is InChI=1S/C12H13N7O5/c1-18-4-14-3-5(18)2-6(13)10(21)24-19-9(20)7-8(17-12(19)23)16-11(22)15-7/h3-4,6H,2,13H2,1H3,(H,17,23)(H2,15,16,22)/t6-/m0/s1. The van der Waals surface area contributed by atoms with E-state index in [1.54, 1.807) is 17.9 Å². The summed E-state index contributed by atoms with van der Waals surface area (Å²) in [5.41, 5.74) is 3.38. The molecule has 0 spiro atoms. The van der Waals surface area contributed by atoms with E-state index in [9.17, 15) is 19.2 Å². The van der Waals surface area contributed by atoms with Crippen molar-refractivity contribution in [3.05, 3.63) is 49.5 Å². The van der Waals surface area contributed by atoms with E-state index in [0.29, 0.717) is 5.69 Å². The fourth-order valence-corrected chi connectivity index (χ4v) is 2.12. The predicted molar refractivity (Wildman–Crippen MR) is 80.3 cm³/mol. The summed E-state index contributed by atoms with van der Waals surface area (Å²) in [5, 5.41) is 0. The number of rotatable bonds is 4. The molecule has 0 fully saturated rings. The lowest BCUT2D eigenvalue weighted by molar-refractivity contribution is -0.146. The van der Waals surface area contributed by atoms with Crippen LogP contribution in [0.5, 0.6) is 0 Å². The van der Waals surface area contributed by atoms with Gasteiger partial charge in [-0.1, -0.05) is 4.73 Å². The van der Waals surface area contributed by atoms with Crippen LogP contribution in [0.25, 0.3) is 11.2 Å². The van der Waals surface area contributed by atoms with Crippen molar-refractivity contribution in [1.29, 1.82) is 0 Å². The number of aromatic nitrogens is 6. The number of fused-ring (bicyclic) bond motifs is 1. The Labute approximate surface area is 131 Å². The molecule has 1 atom stereocenters. The second kappa shape index (κ2) is 5.66. The van der Waals surface area contributed by atoms with E-state index in [0.717, 1.165) is 0 Å². The summed E-state index contributed by atoms with van der Waals surface area (Å²) in [7, 11) is 1.73. The van der Waals surface area contributed by atoms with Gasteiger partial charge in [-0.05, 0) is 0 Å². The molecule has 12 heteroatoms. The third-order valence-corrected chi connectivity index (χ3v) is 3.37. The van der Waals surface area contributed by atoms with Gasteiger partial charge in [-0.15, -0.1) is 0 Å². The van der Waals surface area contributed by atoms with Gasteiger partial charge in [0.1, 0.15) is 11.7 Å². The van der Waals surface area contributed by atoms with Gasteiger partial charge >= 0.3 is 22.9 Å². The topological polar surface area (TPSA) is 174 Å². The molecule has 126 valence electrons. The van der Waals surface area contributed by atoms with E-state index in [4.69, 9.17) is 10.6 Å². The van der Waals surface area contributed by atoms with Crippen LogP contribution in [-0.4, -0.2) is 41.2 Å². The van der Waals surface area contributed by atoms with Crippen LogP contribution < -0.4 is 27.5 Å². The van der Waals surface area contributed by atoms with Crippen molar-refractivity contribution in [2.24, 2.45) is 12.8 Å². The maximum Gasteiger partial charge on any atom is 0.364 e. The van der Waals surface area contributed by atoms with Crippen LogP contribution in [0.15, 0.2) is 26.9 Å². The molecule has 3 rings (SSSR count). The number of nitrogens with zero attached hydrogens (tertiary/aromatic N) is 3. The van der Waals surface area contributed by atoms with Crippen molar-refractivity contribution >= 4 is 17.1 Å². The van der Waals surface area contributed by atoms with Crippen molar-refractivity contribution in [2.75, 3.05) is 0 Å². The molecule has 0 amide bonds. The Hall–Kier alpha value is -3.41. The average Bonchev–Trinajstić information content (AvgIpc) is 3.09. The van der Waals surface area contributed by atoms with Crippen LogP contribution >= 0.6 is 0 Å². The molecular formula is C12H13N7O5. The molecule has 0 unspecified atom stereocenters. The third-order valence-electron chi connectivity index (χ3n) is 3.37. The maximum atomic E-state index is 12.1. The average molecular weight is 335 g/mol. The summed E-state index contributed by atoms with van der Waals surface area (Å²) in [6.45, 7) is 0. The van der Waals surface area contributed by atoms with Gasteiger partial charge in [0.15, 0.2) is 5.52 Å². The highest BCUT2D eigenvalue weighted by Crippen LogP contribution is 2.00. The van der Waals surface area contributed by atoms with Crippen molar-refractivity contribution in [1.82, 2.24) is 29.2 Å². The Morgan fingerprint density at radius 3 is 2.75 bits per heavy atom. The third kappa shape index (κ3) is 2.65. The van der Waals surface area contributed by atoms with E-state index in [2.05, 4.69) is 19.9 Å². The minimum Gasteiger partial charge on any atom is -0.338 e. The summed E-state index contributed by atoms with van der Waals surface area (Å²) in [6.07, 6.45) is 3.17. The van der Waals surface area contributed by atoms with Crippen molar-refractivity contribution in [3.63, 3.8) is 0 Å². The number of carbonyl (C=O) groups is 1. The molecule has 3 aromatic rings. The van der Waals surface area contributed by atoms with Gasteiger partial charge in [0.05, 0.1) is 6.33 Å². The highest BCUT2D eigenvalue weighted by atomic mass is 16.7. The number of carbonyl (C=O) groups excluding carboxylic acids is 1. The van der Waals surface area contributed by atoms with Crippen molar-refractivity contribution in [3.8, 4) is 0 Å². The Balaban J connectivity index is 1.88. The molecule has 0 aliphatic carbocycles. The fraction of sp³-hybridized carbons (Fsp3) is 0.250. The first-order valence-corrected chi connectivity index (χ1v) is 6.77. The first-order valence-electron chi connectivity index (χ1n) is 6.77. The number of nitrogens with one attached hydrogen (secondary N) is 3. The lowest BCUT2D eigenvalue weighted by atomic mass is 10.2. The van der Waals surface area contributed by atoms with Crippen LogP contribution in [0.1, 0.15) is 5.69 Å². The number of nitrogens with two attached hydrogens (primary N) is 1. The lowest BCUT2D eigenvalue weighted by Gasteiger charge is -2.11. The molecule has 0 bridgehead atoms. The van der Waals surface area contributed by atoms with Crippen molar-refractivity contribution < 1.29 is 9.63 Å². The van der Waals surface area contributed by atoms with Gasteiger partial charge in [0.25, 0.3) is 0 Å². The van der Waals surface area contributed by atoms with E-state index in [1.807, 2.05) is 0 Å². The molecule has 0 aliphatic rings. The molecule has 3 aromatic heterocycles. The van der Waals surface area contributed by atoms with E-state index in [1.165, 1.54) is 6.20 Å². The number of aromatic amines is 3. The van der Waals surface area contributed by atoms with Gasteiger partial charge in [0, 0.05) is 25.4 Å². The van der Waals surface area contributed by atoms with Crippen LogP contribution in [0.2, 0.25) is 0 Å². The first-order chi connectivity index (χ1) is 11.4. The smallest absolute Gasteiger partial charge is 0.338 e. The highest BCUT2D eigenvalue weighted by molar-refractivity contribution is 5.76. The van der Waals surface area contributed by atoms with Crippen LogP contribution in [-0.2, 0) is 18.3 Å². The largest absolute Gasteiger partial charge is 0.364 e. The molecule has 3 heterocycles. The molecule has 0 radical (unpaired) electrons. The summed E-state index contributed by atoms with van der Waals surface area (Å²) in [5.74, 6) is -0.985. The molecule has 24 heavy (non-hydrogen) atoms. The summed E-state index contributed by atoms with van der Waals surface area (Å²) in [6, 6.07) is -1.12. The van der Waals surface area contributed by atoms with E-state index < -0.39 is 28.9 Å². The Kier molecular flexibility index (Phi) is 3.65. The van der Waals surface area contributed by atoms with Gasteiger partial charge in [0.2, 0.25) is 0 Å². The SMILES string of the molecule is Cn1cncc1C[C@H](N)C(=O)On1c(=O)[nH]c2[nH]c(=O)[nH]c2c1=O. The summed E-state index contributed by atoms with van der Waals surface area (Å²) < 4.78 is 1.88. The van der Waals surface area contributed by atoms with Crippen molar-refractivity contribution in [2.45, 2.75) is 12.5 Å². The predicted octanol–water partition coefficient (Wildman–Crippen LogP) is -3.04. The molecule has 12 nitrogen and oxygen atoms in total. The molecule has 0 saturated heterocycles. The Bertz CT molecular complexity index is 1080. The van der Waals surface area contributed by atoms with Crippen LogP contribution in [0, 0.1) is 0 Å². The lowest BCUT2D eigenvalue weighted by Crippen LogP contribution is -2.47.